The molecule has 0 spiro atoms. The average molecular weight is 358 g/mol. The summed E-state index contributed by atoms with van der Waals surface area (Å²) in [6, 6.07) is 10.7. The van der Waals surface area contributed by atoms with Gasteiger partial charge in [-0.1, -0.05) is 11.6 Å². The minimum atomic E-state index is -0.924. The lowest BCUT2D eigenvalue weighted by Crippen LogP contribution is -2.41. The van der Waals surface area contributed by atoms with Crippen molar-refractivity contribution >= 4 is 29.1 Å². The SMILES string of the molecule is CN(CCc1ccncc1)C(=O)C1(C(=O)Nc2ccc(Cl)cc2)CC1. The van der Waals surface area contributed by atoms with E-state index >= 15 is 0 Å². The molecular weight excluding hydrogens is 338 g/mol. The molecule has 130 valence electrons. The van der Waals surface area contributed by atoms with Gasteiger partial charge in [0, 0.05) is 36.7 Å². The first-order chi connectivity index (χ1) is 12.0. The van der Waals surface area contributed by atoms with E-state index < -0.39 is 5.41 Å². The van der Waals surface area contributed by atoms with Crippen LogP contribution in [0.2, 0.25) is 5.02 Å². The summed E-state index contributed by atoms with van der Waals surface area (Å²) < 4.78 is 0. The molecule has 1 aromatic carbocycles. The van der Waals surface area contributed by atoms with E-state index in [2.05, 4.69) is 10.3 Å². The maximum Gasteiger partial charge on any atom is 0.240 e. The lowest BCUT2D eigenvalue weighted by molar-refractivity contribution is -0.141. The summed E-state index contributed by atoms with van der Waals surface area (Å²) in [5.41, 5.74) is 0.838. The van der Waals surface area contributed by atoms with Crippen LogP contribution >= 0.6 is 11.6 Å². The zero-order valence-electron chi connectivity index (χ0n) is 14.0. The highest BCUT2D eigenvalue weighted by Gasteiger charge is 2.57. The topological polar surface area (TPSA) is 62.3 Å². The molecule has 1 aromatic heterocycles. The highest BCUT2D eigenvalue weighted by atomic mass is 35.5. The molecule has 1 N–H and O–H groups in total. The smallest absolute Gasteiger partial charge is 0.240 e. The number of pyridine rings is 1. The first kappa shape index (κ1) is 17.4. The van der Waals surface area contributed by atoms with Crippen molar-refractivity contribution in [3.05, 3.63) is 59.4 Å². The second-order valence-corrected chi connectivity index (χ2v) is 6.81. The number of nitrogens with zero attached hydrogens (tertiary/aromatic N) is 2. The van der Waals surface area contributed by atoms with Crippen molar-refractivity contribution in [3.63, 3.8) is 0 Å². The Labute approximate surface area is 152 Å². The van der Waals surface area contributed by atoms with E-state index in [4.69, 9.17) is 11.6 Å². The molecule has 2 amide bonds. The van der Waals surface area contributed by atoms with Crippen molar-refractivity contribution in [1.29, 1.82) is 0 Å². The number of carbonyl (C=O) groups excluding carboxylic acids is 2. The Bertz CT molecular complexity index is 758. The van der Waals surface area contributed by atoms with Crippen molar-refractivity contribution in [3.8, 4) is 0 Å². The lowest BCUT2D eigenvalue weighted by Gasteiger charge is -2.23. The lowest BCUT2D eigenvalue weighted by atomic mass is 10.0. The second-order valence-electron chi connectivity index (χ2n) is 6.38. The van der Waals surface area contributed by atoms with Gasteiger partial charge in [-0.2, -0.15) is 0 Å². The van der Waals surface area contributed by atoms with Gasteiger partial charge < -0.3 is 10.2 Å². The van der Waals surface area contributed by atoms with Gasteiger partial charge in [-0.15, -0.1) is 0 Å². The number of hydrogen-bond acceptors (Lipinski definition) is 3. The molecule has 6 heteroatoms. The fraction of sp³-hybridized carbons (Fsp3) is 0.316. The normalized spacial score (nSPS) is 14.6. The molecule has 5 nitrogen and oxygen atoms in total. The van der Waals surface area contributed by atoms with E-state index in [9.17, 15) is 9.59 Å². The van der Waals surface area contributed by atoms with Crippen molar-refractivity contribution in [2.24, 2.45) is 5.41 Å². The van der Waals surface area contributed by atoms with Crippen LogP contribution in [0.5, 0.6) is 0 Å². The van der Waals surface area contributed by atoms with Crippen LogP contribution in [0.4, 0.5) is 5.69 Å². The number of aromatic nitrogens is 1. The number of anilines is 1. The molecular formula is C19H20ClN3O2. The Kier molecular flexibility index (Phi) is 5.04. The Balaban J connectivity index is 1.60. The summed E-state index contributed by atoms with van der Waals surface area (Å²) in [6.45, 7) is 0.568. The zero-order chi connectivity index (χ0) is 17.9. The Hall–Kier alpha value is -2.40. The number of hydrogen-bond donors (Lipinski definition) is 1. The number of rotatable bonds is 6. The third-order valence-electron chi connectivity index (χ3n) is 4.53. The number of nitrogens with one attached hydrogen (secondary N) is 1. The second kappa shape index (κ2) is 7.23. The molecule has 1 heterocycles. The van der Waals surface area contributed by atoms with Crippen molar-refractivity contribution in [2.75, 3.05) is 18.9 Å². The number of carbonyl (C=O) groups is 2. The molecule has 0 aliphatic heterocycles. The van der Waals surface area contributed by atoms with Gasteiger partial charge in [0.15, 0.2) is 0 Å². The van der Waals surface area contributed by atoms with Crippen LogP contribution in [0.25, 0.3) is 0 Å². The number of benzene rings is 1. The van der Waals surface area contributed by atoms with Gasteiger partial charge in [-0.25, -0.2) is 0 Å². The maximum atomic E-state index is 12.8. The highest BCUT2D eigenvalue weighted by molar-refractivity contribution is 6.30. The minimum absolute atomic E-state index is 0.118. The molecule has 3 rings (SSSR count). The van der Waals surface area contributed by atoms with E-state index in [0.29, 0.717) is 30.1 Å². The third kappa shape index (κ3) is 3.99. The van der Waals surface area contributed by atoms with Gasteiger partial charge in [0.25, 0.3) is 0 Å². The van der Waals surface area contributed by atoms with Crippen LogP contribution < -0.4 is 5.32 Å². The van der Waals surface area contributed by atoms with Gasteiger partial charge in [0.05, 0.1) is 0 Å². The van der Waals surface area contributed by atoms with E-state index in [1.165, 1.54) is 0 Å². The summed E-state index contributed by atoms with van der Waals surface area (Å²) in [4.78, 5) is 31.0. The standard InChI is InChI=1S/C19H20ClN3O2/c1-23(13-8-14-6-11-21-12-7-14)18(25)19(9-10-19)17(24)22-16-4-2-15(20)3-5-16/h2-7,11-12H,8-10,13H2,1H3,(H,22,24). The van der Waals surface area contributed by atoms with Gasteiger partial charge in [-0.3, -0.25) is 14.6 Å². The van der Waals surface area contributed by atoms with E-state index in [1.807, 2.05) is 12.1 Å². The van der Waals surface area contributed by atoms with Crippen molar-refractivity contribution in [2.45, 2.75) is 19.3 Å². The molecule has 25 heavy (non-hydrogen) atoms. The third-order valence-corrected chi connectivity index (χ3v) is 4.78. The summed E-state index contributed by atoms with van der Waals surface area (Å²) in [5.74, 6) is -0.358. The van der Waals surface area contributed by atoms with E-state index in [1.54, 1.807) is 48.6 Å². The molecule has 1 aliphatic rings. The number of halogens is 1. The zero-order valence-corrected chi connectivity index (χ0v) is 14.8. The van der Waals surface area contributed by atoms with Crippen molar-refractivity contribution in [1.82, 2.24) is 9.88 Å². The highest BCUT2D eigenvalue weighted by Crippen LogP contribution is 2.48. The average Bonchev–Trinajstić information content (AvgIpc) is 3.44. The fourth-order valence-electron chi connectivity index (χ4n) is 2.76. The molecule has 0 atom stereocenters. The van der Waals surface area contributed by atoms with Crippen LogP contribution in [0.1, 0.15) is 18.4 Å². The molecule has 1 saturated carbocycles. The molecule has 0 saturated heterocycles. The summed E-state index contributed by atoms with van der Waals surface area (Å²) in [7, 11) is 1.75. The van der Waals surface area contributed by atoms with Gasteiger partial charge >= 0.3 is 0 Å². The van der Waals surface area contributed by atoms with Gasteiger partial charge in [0.1, 0.15) is 5.41 Å². The molecule has 2 aromatic rings. The van der Waals surface area contributed by atoms with E-state index in [-0.39, 0.29) is 11.8 Å². The van der Waals surface area contributed by atoms with Crippen LogP contribution in [-0.4, -0.2) is 35.3 Å². The first-order valence-corrected chi connectivity index (χ1v) is 8.60. The van der Waals surface area contributed by atoms with Gasteiger partial charge in [0.2, 0.25) is 11.8 Å². The summed E-state index contributed by atoms with van der Waals surface area (Å²) >= 11 is 5.85. The van der Waals surface area contributed by atoms with Crippen LogP contribution in [0.3, 0.4) is 0 Å². The maximum absolute atomic E-state index is 12.8. The molecule has 0 bridgehead atoms. The summed E-state index contributed by atoms with van der Waals surface area (Å²) in [6.07, 6.45) is 5.38. The predicted molar refractivity (Wildman–Crippen MR) is 97.3 cm³/mol. The summed E-state index contributed by atoms with van der Waals surface area (Å²) in [5, 5.41) is 3.43. The van der Waals surface area contributed by atoms with Crippen LogP contribution in [0, 0.1) is 5.41 Å². The predicted octanol–water partition coefficient (Wildman–Crippen LogP) is 3.15. The van der Waals surface area contributed by atoms with Crippen LogP contribution in [-0.2, 0) is 16.0 Å². The fourth-order valence-corrected chi connectivity index (χ4v) is 2.89. The molecule has 1 aliphatic carbocycles. The quantitative estimate of drug-likeness (QED) is 0.808. The van der Waals surface area contributed by atoms with E-state index in [0.717, 1.165) is 12.0 Å². The minimum Gasteiger partial charge on any atom is -0.344 e. The van der Waals surface area contributed by atoms with Gasteiger partial charge in [-0.05, 0) is 61.2 Å². The van der Waals surface area contributed by atoms with Crippen molar-refractivity contribution < 1.29 is 9.59 Å². The number of amides is 2. The molecule has 0 radical (unpaired) electrons. The Morgan fingerprint density at radius 1 is 1.16 bits per heavy atom. The number of likely N-dealkylation sites (N-methyl/N-ethyl adjacent to an activating group) is 1. The monoisotopic (exact) mass is 357 g/mol. The van der Waals surface area contributed by atoms with Crippen LogP contribution in [0.15, 0.2) is 48.8 Å². The largest absolute Gasteiger partial charge is 0.344 e. The Morgan fingerprint density at radius 3 is 2.40 bits per heavy atom. The Morgan fingerprint density at radius 2 is 1.80 bits per heavy atom. The first-order valence-electron chi connectivity index (χ1n) is 8.23. The molecule has 1 fully saturated rings. The molecule has 0 unspecified atom stereocenters.